The largest absolute Gasteiger partial charge is 0.423 e. The first kappa shape index (κ1) is 33.3. The number of aromatic nitrogens is 4. The first-order valence-electron chi connectivity index (χ1n) is 14.5. The lowest BCUT2D eigenvalue weighted by Crippen LogP contribution is -2.43. The van der Waals surface area contributed by atoms with Crippen molar-refractivity contribution in [1.29, 1.82) is 0 Å². The smallest absolute Gasteiger partial charge is 0.404 e. The lowest BCUT2D eigenvalue weighted by molar-refractivity contribution is -0.120. The van der Waals surface area contributed by atoms with Gasteiger partial charge in [0.2, 0.25) is 11.9 Å². The maximum absolute atomic E-state index is 13.5. The fourth-order valence-electron chi connectivity index (χ4n) is 4.49. The second kappa shape index (κ2) is 16.4. The zero-order valence-corrected chi connectivity index (χ0v) is 25.7. The molecule has 0 aliphatic carbocycles. The highest BCUT2D eigenvalue weighted by molar-refractivity contribution is 7.54. The first-order chi connectivity index (χ1) is 20.1. The summed E-state index contributed by atoms with van der Waals surface area (Å²) in [6, 6.07) is 6.57. The van der Waals surface area contributed by atoms with E-state index >= 15 is 0 Å². The van der Waals surface area contributed by atoms with Gasteiger partial charge in [0, 0.05) is 0 Å². The number of carbonyl (C=O) groups excluding carboxylic acids is 1. The number of amides is 1. The summed E-state index contributed by atoms with van der Waals surface area (Å²) in [7, 11) is -3.64. The molecule has 0 saturated heterocycles. The predicted octanol–water partition coefficient (Wildman–Crippen LogP) is 4.01. The SMILES string of the molecule is CCCCCCCCN[C@@H](Cc1ccc(OP(=O)(CO[C@H](C)Cn2cnc3c(N)nc(N)nc32)OCC)cc1)C(N)=O. The molecule has 0 bridgehead atoms. The number of hydrogen-bond donors (Lipinski definition) is 4. The Morgan fingerprint density at radius 1 is 1.07 bits per heavy atom. The van der Waals surface area contributed by atoms with Gasteiger partial charge in [0.25, 0.3) is 0 Å². The van der Waals surface area contributed by atoms with Crippen LogP contribution in [-0.4, -0.2) is 57.1 Å². The predicted molar refractivity (Wildman–Crippen MR) is 164 cm³/mol. The second-order valence-corrected chi connectivity index (χ2v) is 12.2. The molecule has 3 aromatic rings. The van der Waals surface area contributed by atoms with Crippen molar-refractivity contribution >= 4 is 36.4 Å². The molecule has 1 unspecified atom stereocenters. The topological polar surface area (TPSA) is 196 Å². The van der Waals surface area contributed by atoms with E-state index in [1.165, 1.54) is 25.7 Å². The van der Waals surface area contributed by atoms with Gasteiger partial charge in [-0.2, -0.15) is 9.97 Å². The maximum atomic E-state index is 13.5. The number of nitrogens with two attached hydrogens (primary N) is 3. The van der Waals surface area contributed by atoms with Gasteiger partial charge in [-0.25, -0.2) is 9.55 Å². The van der Waals surface area contributed by atoms with Crippen LogP contribution in [0.4, 0.5) is 11.8 Å². The van der Waals surface area contributed by atoms with Crippen LogP contribution in [0, 0.1) is 0 Å². The number of ether oxygens (including phenoxy) is 1. The average Bonchev–Trinajstić information content (AvgIpc) is 3.34. The summed E-state index contributed by atoms with van der Waals surface area (Å²) in [5, 5.41) is 3.27. The van der Waals surface area contributed by atoms with Crippen LogP contribution in [0.25, 0.3) is 11.2 Å². The molecule has 13 nitrogen and oxygen atoms in total. The highest BCUT2D eigenvalue weighted by Crippen LogP contribution is 2.48. The molecular weight excluding hydrogens is 559 g/mol. The van der Waals surface area contributed by atoms with Crippen LogP contribution in [0.15, 0.2) is 30.6 Å². The van der Waals surface area contributed by atoms with Gasteiger partial charge >= 0.3 is 7.60 Å². The molecule has 3 rings (SSSR count). The number of nitrogen functional groups attached to an aromatic ring is 2. The molecule has 0 radical (unpaired) electrons. The van der Waals surface area contributed by atoms with Crippen molar-refractivity contribution in [3.63, 3.8) is 0 Å². The Morgan fingerprint density at radius 2 is 1.79 bits per heavy atom. The van der Waals surface area contributed by atoms with Gasteiger partial charge in [-0.3, -0.25) is 9.32 Å². The number of unbranched alkanes of at least 4 members (excludes halogenated alkanes) is 5. The molecule has 7 N–H and O–H groups in total. The molecule has 2 heterocycles. The van der Waals surface area contributed by atoms with Crippen molar-refractivity contribution in [2.75, 3.05) is 31.0 Å². The van der Waals surface area contributed by atoms with E-state index in [4.69, 9.17) is 31.0 Å². The number of primary amides is 1. The highest BCUT2D eigenvalue weighted by atomic mass is 31.2. The number of hydrogen-bond acceptors (Lipinski definition) is 11. The van der Waals surface area contributed by atoms with Crippen molar-refractivity contribution in [2.45, 2.75) is 84.4 Å². The Hall–Kier alpha value is -3.25. The molecule has 1 amide bonds. The van der Waals surface area contributed by atoms with Crippen LogP contribution in [0.2, 0.25) is 0 Å². The van der Waals surface area contributed by atoms with Crippen LogP contribution < -0.4 is 27.0 Å². The van der Waals surface area contributed by atoms with Gasteiger partial charge in [-0.05, 0) is 50.9 Å². The fourth-order valence-corrected chi connectivity index (χ4v) is 5.94. The molecule has 0 fully saturated rings. The van der Waals surface area contributed by atoms with Gasteiger partial charge in [-0.15, -0.1) is 0 Å². The standard InChI is InChI=1S/C28H45N8O5P/c1-4-6-7-8-9-10-15-32-23(26(30)37)16-21-11-13-22(14-12-21)41-42(38,40-5-2)19-39-20(3)17-36-18-33-24-25(29)34-28(31)35-27(24)36/h11-14,18,20,23,32H,4-10,15-17,19H2,1-3H3,(H2,30,37)(H4,29,31,34,35)/t20-,23+,42?/m1/s1. The Labute approximate surface area is 247 Å². The lowest BCUT2D eigenvalue weighted by Gasteiger charge is -2.21. The fraction of sp³-hybridized carbons (Fsp3) is 0.571. The third-order valence-corrected chi connectivity index (χ3v) is 8.28. The zero-order valence-electron chi connectivity index (χ0n) is 24.8. The minimum Gasteiger partial charge on any atom is -0.423 e. The number of rotatable bonds is 20. The van der Waals surface area contributed by atoms with E-state index in [2.05, 4.69) is 27.2 Å². The molecule has 0 aliphatic rings. The van der Waals surface area contributed by atoms with Gasteiger partial charge in [0.1, 0.15) is 11.3 Å². The van der Waals surface area contributed by atoms with E-state index in [1.807, 2.05) is 19.1 Å². The average molecular weight is 605 g/mol. The summed E-state index contributed by atoms with van der Waals surface area (Å²) in [4.78, 5) is 24.4. The van der Waals surface area contributed by atoms with Gasteiger partial charge < -0.3 is 36.3 Å². The number of nitrogens with one attached hydrogen (secondary N) is 1. The summed E-state index contributed by atoms with van der Waals surface area (Å²) in [6.07, 6.45) is 8.42. The number of fused-ring (bicyclic) bond motifs is 1. The third-order valence-electron chi connectivity index (χ3n) is 6.68. The molecule has 0 spiro atoms. The van der Waals surface area contributed by atoms with Gasteiger partial charge in [0.15, 0.2) is 17.8 Å². The molecule has 1 aromatic carbocycles. The summed E-state index contributed by atoms with van der Waals surface area (Å²) in [5.41, 5.74) is 19.1. The van der Waals surface area contributed by atoms with E-state index in [9.17, 15) is 9.36 Å². The molecular formula is C28H45N8O5P. The molecule has 0 aliphatic heterocycles. The molecule has 0 saturated carbocycles. The van der Waals surface area contributed by atoms with Crippen LogP contribution >= 0.6 is 7.60 Å². The number of anilines is 2. The highest BCUT2D eigenvalue weighted by Gasteiger charge is 2.28. The summed E-state index contributed by atoms with van der Waals surface area (Å²) >= 11 is 0. The van der Waals surface area contributed by atoms with Crippen molar-refractivity contribution in [3.8, 4) is 5.75 Å². The minimum absolute atomic E-state index is 0.0464. The Kier molecular flexibility index (Phi) is 13.0. The summed E-state index contributed by atoms with van der Waals surface area (Å²) in [5.74, 6) is 0.215. The Balaban J connectivity index is 1.53. The van der Waals surface area contributed by atoms with E-state index in [-0.39, 0.29) is 24.7 Å². The normalized spacial score (nSPS) is 14.5. The van der Waals surface area contributed by atoms with E-state index in [1.54, 1.807) is 30.0 Å². The monoisotopic (exact) mass is 604 g/mol. The molecule has 2 aromatic heterocycles. The number of carbonyl (C=O) groups is 1. The lowest BCUT2D eigenvalue weighted by atomic mass is 10.0. The van der Waals surface area contributed by atoms with Crippen molar-refractivity contribution in [2.24, 2.45) is 5.73 Å². The summed E-state index contributed by atoms with van der Waals surface area (Å²) in [6.45, 7) is 7.02. The molecule has 3 atom stereocenters. The maximum Gasteiger partial charge on any atom is 0.404 e. The first-order valence-corrected chi connectivity index (χ1v) is 16.3. The third kappa shape index (κ3) is 10.2. The quantitative estimate of drug-likeness (QED) is 0.107. The van der Waals surface area contributed by atoms with Gasteiger partial charge in [0.05, 0.1) is 31.6 Å². The van der Waals surface area contributed by atoms with E-state index in [0.29, 0.717) is 29.9 Å². The number of imidazole rings is 1. The van der Waals surface area contributed by atoms with Crippen LogP contribution in [0.1, 0.15) is 64.9 Å². The Morgan fingerprint density at radius 3 is 2.48 bits per heavy atom. The van der Waals surface area contributed by atoms with Crippen LogP contribution in [0.3, 0.4) is 0 Å². The van der Waals surface area contributed by atoms with Crippen molar-refractivity contribution < 1.29 is 23.1 Å². The van der Waals surface area contributed by atoms with E-state index in [0.717, 1.165) is 24.9 Å². The molecule has 14 heteroatoms. The summed E-state index contributed by atoms with van der Waals surface area (Å²) < 4.78 is 32.3. The molecule has 232 valence electrons. The Bertz CT molecular complexity index is 1320. The zero-order chi connectivity index (χ0) is 30.5. The minimum atomic E-state index is -3.64. The number of benzene rings is 1. The van der Waals surface area contributed by atoms with Gasteiger partial charge in [-0.1, -0.05) is 51.2 Å². The van der Waals surface area contributed by atoms with Crippen LogP contribution in [-0.2, 0) is 31.6 Å². The second-order valence-electron chi connectivity index (χ2n) is 10.3. The van der Waals surface area contributed by atoms with Crippen molar-refractivity contribution in [1.82, 2.24) is 24.8 Å². The van der Waals surface area contributed by atoms with Crippen molar-refractivity contribution in [3.05, 3.63) is 36.2 Å². The molecule has 42 heavy (non-hydrogen) atoms. The van der Waals surface area contributed by atoms with Crippen LogP contribution in [0.5, 0.6) is 5.75 Å². The van der Waals surface area contributed by atoms with E-state index < -0.39 is 25.6 Å². The number of nitrogens with zero attached hydrogens (tertiary/aromatic N) is 4.